The summed E-state index contributed by atoms with van der Waals surface area (Å²) in [6, 6.07) is 8.33. The highest BCUT2D eigenvalue weighted by Crippen LogP contribution is 2.54. The minimum atomic E-state index is -0.159. The maximum Gasteiger partial charge on any atom is 0.0724 e. The highest BCUT2D eigenvalue weighted by molar-refractivity contribution is 7.08. The third kappa shape index (κ3) is 1.99. The molecule has 2 nitrogen and oxygen atoms in total. The van der Waals surface area contributed by atoms with E-state index in [4.69, 9.17) is 21.3 Å². The van der Waals surface area contributed by atoms with Crippen molar-refractivity contribution in [2.24, 2.45) is 4.99 Å². The van der Waals surface area contributed by atoms with E-state index in [9.17, 15) is 0 Å². The minimum Gasteiger partial charge on any atom is -0.380 e. The van der Waals surface area contributed by atoms with Crippen LogP contribution in [0.4, 0.5) is 5.69 Å². The van der Waals surface area contributed by atoms with E-state index in [-0.39, 0.29) is 11.5 Å². The lowest BCUT2D eigenvalue weighted by molar-refractivity contribution is 0.0231. The molecule has 4 heteroatoms. The second kappa shape index (κ2) is 5.48. The molecule has 0 radical (unpaired) electrons. The van der Waals surface area contributed by atoms with Crippen molar-refractivity contribution in [3.8, 4) is 0 Å². The smallest absolute Gasteiger partial charge is 0.0724 e. The summed E-state index contributed by atoms with van der Waals surface area (Å²) in [5.74, 6) is 0.420. The molecule has 1 spiro atoms. The van der Waals surface area contributed by atoms with Crippen LogP contribution in [0.2, 0.25) is 5.02 Å². The predicted molar refractivity (Wildman–Crippen MR) is 93.0 cm³/mol. The van der Waals surface area contributed by atoms with Crippen LogP contribution in [0.1, 0.15) is 36.3 Å². The van der Waals surface area contributed by atoms with E-state index in [0.29, 0.717) is 5.92 Å². The van der Waals surface area contributed by atoms with Crippen molar-refractivity contribution in [3.05, 3.63) is 51.2 Å². The number of hydrogen-bond acceptors (Lipinski definition) is 3. The normalized spacial score (nSPS) is 29.9. The summed E-state index contributed by atoms with van der Waals surface area (Å²) in [6.07, 6.45) is 5.73. The van der Waals surface area contributed by atoms with Crippen molar-refractivity contribution >= 4 is 34.8 Å². The van der Waals surface area contributed by atoms with Gasteiger partial charge in [0.2, 0.25) is 0 Å². The highest BCUT2D eigenvalue weighted by atomic mass is 35.5. The molecule has 2 aliphatic rings. The fourth-order valence-corrected chi connectivity index (χ4v) is 5.08. The molecule has 3 unspecified atom stereocenters. The van der Waals surface area contributed by atoms with Crippen LogP contribution < -0.4 is 0 Å². The monoisotopic (exact) mass is 331 g/mol. The van der Waals surface area contributed by atoms with E-state index in [1.54, 1.807) is 11.3 Å². The van der Waals surface area contributed by atoms with Gasteiger partial charge in [-0.25, -0.2) is 0 Å². The quantitative estimate of drug-likeness (QED) is 0.728. The summed E-state index contributed by atoms with van der Waals surface area (Å²) >= 11 is 7.91. The van der Waals surface area contributed by atoms with Crippen molar-refractivity contribution in [2.75, 3.05) is 7.11 Å². The van der Waals surface area contributed by atoms with Crippen LogP contribution in [0.25, 0.3) is 0 Å². The first-order valence-electron chi connectivity index (χ1n) is 7.66. The molecule has 2 heterocycles. The molecule has 1 saturated carbocycles. The number of benzene rings is 1. The van der Waals surface area contributed by atoms with Crippen LogP contribution in [0, 0.1) is 0 Å². The van der Waals surface area contributed by atoms with E-state index in [1.165, 1.54) is 24.0 Å². The molecule has 0 bridgehead atoms. The summed E-state index contributed by atoms with van der Waals surface area (Å²) in [5, 5.41) is 5.17. The number of hydrogen-bond donors (Lipinski definition) is 0. The van der Waals surface area contributed by atoms with Gasteiger partial charge in [0.15, 0.2) is 0 Å². The lowest BCUT2D eigenvalue weighted by Gasteiger charge is -2.45. The zero-order valence-corrected chi connectivity index (χ0v) is 14.0. The van der Waals surface area contributed by atoms with Gasteiger partial charge in [-0.05, 0) is 52.9 Å². The second-order valence-electron chi connectivity index (χ2n) is 6.12. The van der Waals surface area contributed by atoms with Crippen LogP contribution in [0.5, 0.6) is 0 Å². The molecule has 114 valence electrons. The highest BCUT2D eigenvalue weighted by Gasteiger charge is 2.52. The summed E-state index contributed by atoms with van der Waals surface area (Å²) in [4.78, 5) is 4.71. The predicted octanol–water partition coefficient (Wildman–Crippen LogP) is 5.34. The number of fused-ring (bicyclic) bond motifs is 2. The minimum absolute atomic E-state index is 0.159. The first kappa shape index (κ1) is 14.4. The molecule has 22 heavy (non-hydrogen) atoms. The number of halogens is 1. The Morgan fingerprint density at radius 3 is 3.00 bits per heavy atom. The Kier molecular flexibility index (Phi) is 3.60. The van der Waals surface area contributed by atoms with Gasteiger partial charge in [-0.15, -0.1) is 0 Å². The van der Waals surface area contributed by atoms with Gasteiger partial charge in [-0.2, -0.15) is 11.3 Å². The summed E-state index contributed by atoms with van der Waals surface area (Å²) < 4.78 is 5.92. The zero-order valence-electron chi connectivity index (χ0n) is 12.5. The fourth-order valence-electron chi connectivity index (χ4n) is 4.20. The van der Waals surface area contributed by atoms with E-state index >= 15 is 0 Å². The van der Waals surface area contributed by atoms with Crippen molar-refractivity contribution in [3.63, 3.8) is 0 Å². The lowest BCUT2D eigenvalue weighted by Crippen LogP contribution is -2.48. The maximum absolute atomic E-state index is 6.15. The SMILES string of the molecule is COC1CCCC(c2ccsc2)C12C=Nc1cc(Cl)ccc12. The average Bonchev–Trinajstić information content (AvgIpc) is 3.17. The number of thiophene rings is 1. The van der Waals surface area contributed by atoms with Gasteiger partial charge < -0.3 is 4.74 Å². The Bertz CT molecular complexity index is 712. The van der Waals surface area contributed by atoms with E-state index < -0.39 is 0 Å². The van der Waals surface area contributed by atoms with Crippen molar-refractivity contribution < 1.29 is 4.74 Å². The molecular weight excluding hydrogens is 314 g/mol. The Morgan fingerprint density at radius 2 is 2.23 bits per heavy atom. The topological polar surface area (TPSA) is 21.6 Å². The maximum atomic E-state index is 6.15. The standard InChI is InChI=1S/C18H18ClNOS/c1-21-17-4-2-3-14(12-7-8-22-10-12)18(17)11-20-16-9-13(19)5-6-15(16)18/h5-11,14,17H,2-4H2,1H3. The molecule has 0 saturated heterocycles. The van der Waals surface area contributed by atoms with Crippen molar-refractivity contribution in [1.29, 1.82) is 0 Å². The molecule has 2 aromatic rings. The average molecular weight is 332 g/mol. The number of aliphatic imine (C=N–C) groups is 1. The van der Waals surface area contributed by atoms with Gasteiger partial charge in [0.05, 0.1) is 17.2 Å². The van der Waals surface area contributed by atoms with Crippen molar-refractivity contribution in [1.82, 2.24) is 0 Å². The number of rotatable bonds is 2. The molecule has 4 rings (SSSR count). The molecular formula is C18H18ClNOS. The molecule has 0 amide bonds. The molecule has 1 aliphatic carbocycles. The Balaban J connectivity index is 1.90. The van der Waals surface area contributed by atoms with Gasteiger partial charge in [-0.3, -0.25) is 4.99 Å². The van der Waals surface area contributed by atoms with Crippen molar-refractivity contribution in [2.45, 2.75) is 36.7 Å². The molecule has 1 aliphatic heterocycles. The van der Waals surface area contributed by atoms with Gasteiger partial charge in [0.1, 0.15) is 0 Å². The molecule has 1 aromatic carbocycles. The molecule has 3 atom stereocenters. The fraction of sp³-hybridized carbons (Fsp3) is 0.389. The Hall–Kier alpha value is -1.16. The number of ether oxygens (including phenoxy) is 1. The van der Waals surface area contributed by atoms with Gasteiger partial charge in [-0.1, -0.05) is 24.1 Å². The first-order chi connectivity index (χ1) is 10.8. The molecule has 0 N–H and O–H groups in total. The number of nitrogens with zero attached hydrogens (tertiary/aromatic N) is 1. The first-order valence-corrected chi connectivity index (χ1v) is 8.98. The van der Waals surface area contributed by atoms with Gasteiger partial charge in [0, 0.05) is 24.3 Å². The molecule has 1 aromatic heterocycles. The largest absolute Gasteiger partial charge is 0.380 e. The van der Waals surface area contributed by atoms with Gasteiger partial charge in [0.25, 0.3) is 0 Å². The van der Waals surface area contributed by atoms with Crippen LogP contribution in [0.3, 0.4) is 0 Å². The lowest BCUT2D eigenvalue weighted by atomic mass is 9.60. The summed E-state index contributed by atoms with van der Waals surface area (Å²) in [5.41, 5.74) is 3.51. The Labute approximate surface area is 139 Å². The second-order valence-corrected chi connectivity index (χ2v) is 7.33. The van der Waals surface area contributed by atoms with E-state index in [0.717, 1.165) is 17.1 Å². The van der Waals surface area contributed by atoms with Crippen LogP contribution in [-0.4, -0.2) is 19.4 Å². The molecule has 1 fully saturated rings. The van der Waals surface area contributed by atoms with E-state index in [2.05, 4.69) is 29.1 Å². The van der Waals surface area contributed by atoms with Gasteiger partial charge >= 0.3 is 0 Å². The Morgan fingerprint density at radius 1 is 1.32 bits per heavy atom. The van der Waals surface area contributed by atoms with Crippen LogP contribution >= 0.6 is 22.9 Å². The zero-order chi connectivity index (χ0) is 15.2. The van der Waals surface area contributed by atoms with Crippen LogP contribution in [-0.2, 0) is 10.2 Å². The number of methoxy groups -OCH3 is 1. The van der Waals surface area contributed by atoms with E-state index in [1.807, 2.05) is 19.2 Å². The third-order valence-electron chi connectivity index (χ3n) is 5.14. The summed E-state index contributed by atoms with van der Waals surface area (Å²) in [6.45, 7) is 0. The third-order valence-corrected chi connectivity index (χ3v) is 6.08. The summed E-state index contributed by atoms with van der Waals surface area (Å²) in [7, 11) is 1.82. The van der Waals surface area contributed by atoms with Crippen LogP contribution in [0.15, 0.2) is 40.0 Å².